The molecule has 0 unspecified atom stereocenters. The molecule has 2 aromatic rings. The summed E-state index contributed by atoms with van der Waals surface area (Å²) < 4.78 is 15.2. The Morgan fingerprint density at radius 2 is 2.43 bits per heavy atom. The molecule has 0 aromatic carbocycles. The molecule has 2 aromatic heterocycles. The van der Waals surface area contributed by atoms with E-state index in [1.54, 1.807) is 22.1 Å². The van der Waals surface area contributed by atoms with Crippen molar-refractivity contribution in [2.75, 3.05) is 6.61 Å². The predicted octanol–water partition coefficient (Wildman–Crippen LogP) is 2.58. The summed E-state index contributed by atoms with van der Waals surface area (Å²) in [5.41, 5.74) is 0. The number of rotatable bonds is 4. The monoisotopic (exact) mass is 349 g/mol. The Kier molecular flexibility index (Phi) is 3.76. The van der Waals surface area contributed by atoms with E-state index in [2.05, 4.69) is 6.58 Å². The van der Waals surface area contributed by atoms with Crippen LogP contribution in [0.1, 0.15) is 12.5 Å². The summed E-state index contributed by atoms with van der Waals surface area (Å²) in [7, 11) is 0. The standard InChI is InChI=1S/C15H15N3O3S2/c1-2-5-17-13(12-4-3-6-23-12)16-18(15(17)22)9-7-10(19)14-20-8-11(9)21-14/h2-4,6,9,11,14H,1,5,7-8H2/t9-,11-,14-/m1/s1. The molecule has 2 saturated heterocycles. The third kappa shape index (κ3) is 2.42. The quantitative estimate of drug-likeness (QED) is 0.627. The van der Waals surface area contributed by atoms with E-state index in [9.17, 15) is 4.79 Å². The smallest absolute Gasteiger partial charge is 0.218 e. The summed E-state index contributed by atoms with van der Waals surface area (Å²) in [5, 5.41) is 6.69. The number of ketones is 1. The number of hydrogen-bond acceptors (Lipinski definition) is 6. The highest BCUT2D eigenvalue weighted by molar-refractivity contribution is 7.71. The zero-order valence-corrected chi connectivity index (χ0v) is 13.9. The van der Waals surface area contributed by atoms with E-state index in [-0.39, 0.29) is 17.9 Å². The van der Waals surface area contributed by atoms with E-state index in [0.717, 1.165) is 10.7 Å². The molecular weight excluding hydrogens is 334 g/mol. The molecule has 2 aliphatic rings. The second-order valence-electron chi connectivity index (χ2n) is 5.50. The molecule has 0 N–H and O–H groups in total. The van der Waals surface area contributed by atoms with E-state index in [1.807, 2.05) is 22.1 Å². The Hall–Kier alpha value is -1.61. The van der Waals surface area contributed by atoms with Gasteiger partial charge in [-0.3, -0.25) is 9.36 Å². The fraction of sp³-hybridized carbons (Fsp3) is 0.400. The van der Waals surface area contributed by atoms with Gasteiger partial charge >= 0.3 is 0 Å². The molecule has 4 rings (SSSR count). The fourth-order valence-electron chi connectivity index (χ4n) is 2.98. The van der Waals surface area contributed by atoms with E-state index >= 15 is 0 Å². The number of fused-ring (bicyclic) bond motifs is 2. The number of aromatic nitrogens is 3. The summed E-state index contributed by atoms with van der Waals surface area (Å²) in [6, 6.07) is 3.75. The maximum Gasteiger partial charge on any atom is 0.218 e. The van der Waals surface area contributed by atoms with E-state index < -0.39 is 6.29 Å². The fourth-order valence-corrected chi connectivity index (χ4v) is 4.03. The van der Waals surface area contributed by atoms with Crippen LogP contribution >= 0.6 is 23.6 Å². The van der Waals surface area contributed by atoms with Crippen LogP contribution in [0, 0.1) is 4.77 Å². The summed E-state index contributed by atoms with van der Waals surface area (Å²) >= 11 is 7.20. The van der Waals surface area contributed by atoms with Crippen LogP contribution in [-0.2, 0) is 20.8 Å². The van der Waals surface area contributed by atoms with Gasteiger partial charge in [0.05, 0.1) is 17.5 Å². The third-order valence-electron chi connectivity index (χ3n) is 4.07. The lowest BCUT2D eigenvalue weighted by molar-refractivity contribution is -0.156. The number of allylic oxidation sites excluding steroid dienone is 1. The largest absolute Gasteiger partial charge is 0.343 e. The van der Waals surface area contributed by atoms with Gasteiger partial charge in [-0.05, 0) is 23.7 Å². The lowest BCUT2D eigenvalue weighted by Crippen LogP contribution is -2.37. The van der Waals surface area contributed by atoms with Crippen LogP contribution in [0.25, 0.3) is 10.7 Å². The van der Waals surface area contributed by atoms with E-state index in [1.165, 1.54) is 0 Å². The number of ether oxygens (including phenoxy) is 2. The van der Waals surface area contributed by atoms with Crippen molar-refractivity contribution in [2.24, 2.45) is 0 Å². The molecule has 2 fully saturated rings. The van der Waals surface area contributed by atoms with Gasteiger partial charge in [-0.15, -0.1) is 17.9 Å². The minimum Gasteiger partial charge on any atom is -0.343 e. The first-order chi connectivity index (χ1) is 11.2. The molecule has 2 aliphatic heterocycles. The molecule has 3 atom stereocenters. The molecule has 23 heavy (non-hydrogen) atoms. The Bertz CT molecular complexity index is 809. The van der Waals surface area contributed by atoms with Gasteiger partial charge in [-0.1, -0.05) is 12.1 Å². The molecule has 0 saturated carbocycles. The Morgan fingerprint density at radius 1 is 1.57 bits per heavy atom. The van der Waals surface area contributed by atoms with Crippen LogP contribution in [0.4, 0.5) is 0 Å². The SMILES string of the molecule is C=CCn1c(-c2cccs2)nn([C@@H]2CC(=O)[C@@H]3OC[C@H]2O3)c1=S. The third-order valence-corrected chi connectivity index (χ3v) is 5.34. The Morgan fingerprint density at radius 3 is 3.17 bits per heavy atom. The Balaban J connectivity index is 1.80. The topological polar surface area (TPSA) is 58.3 Å². The highest BCUT2D eigenvalue weighted by atomic mass is 32.1. The van der Waals surface area contributed by atoms with Crippen molar-refractivity contribution in [3.8, 4) is 10.7 Å². The van der Waals surface area contributed by atoms with Gasteiger partial charge < -0.3 is 9.47 Å². The molecule has 0 aliphatic carbocycles. The van der Waals surface area contributed by atoms with Crippen molar-refractivity contribution in [3.63, 3.8) is 0 Å². The number of hydrogen-bond donors (Lipinski definition) is 0. The lowest BCUT2D eigenvalue weighted by atomic mass is 10.0. The first-order valence-electron chi connectivity index (χ1n) is 7.33. The van der Waals surface area contributed by atoms with Gasteiger partial charge in [0.25, 0.3) is 0 Å². The normalized spacial score (nSPS) is 26.6. The van der Waals surface area contributed by atoms with Gasteiger partial charge in [0, 0.05) is 13.0 Å². The van der Waals surface area contributed by atoms with Gasteiger partial charge in [0.2, 0.25) is 6.29 Å². The van der Waals surface area contributed by atoms with Gasteiger partial charge in [0.1, 0.15) is 6.10 Å². The highest BCUT2D eigenvalue weighted by Crippen LogP contribution is 2.34. The maximum absolute atomic E-state index is 12.0. The molecule has 6 nitrogen and oxygen atoms in total. The van der Waals surface area contributed by atoms with Crippen LogP contribution in [-0.4, -0.2) is 39.1 Å². The van der Waals surface area contributed by atoms with E-state index in [4.69, 9.17) is 26.8 Å². The lowest BCUT2D eigenvalue weighted by Gasteiger charge is -2.26. The van der Waals surface area contributed by atoms with Gasteiger partial charge in [-0.2, -0.15) is 5.10 Å². The minimum absolute atomic E-state index is 0.0541. The zero-order chi connectivity index (χ0) is 16.0. The molecule has 0 amide bonds. The second-order valence-corrected chi connectivity index (χ2v) is 6.82. The zero-order valence-electron chi connectivity index (χ0n) is 12.3. The van der Waals surface area contributed by atoms with Crippen LogP contribution in [0.5, 0.6) is 0 Å². The molecule has 2 bridgehead atoms. The van der Waals surface area contributed by atoms with Crippen LogP contribution in [0.3, 0.4) is 0 Å². The number of carbonyl (C=O) groups is 1. The average molecular weight is 349 g/mol. The first kappa shape index (κ1) is 14.9. The maximum atomic E-state index is 12.0. The average Bonchev–Trinajstić information content (AvgIpc) is 3.25. The minimum atomic E-state index is -0.711. The molecule has 8 heteroatoms. The molecule has 0 radical (unpaired) electrons. The van der Waals surface area contributed by atoms with Crippen molar-refractivity contribution in [3.05, 3.63) is 34.9 Å². The van der Waals surface area contributed by atoms with Crippen molar-refractivity contribution >= 4 is 29.3 Å². The summed E-state index contributed by atoms with van der Waals surface area (Å²) in [4.78, 5) is 13.1. The molecular formula is C15H15N3O3S2. The van der Waals surface area contributed by atoms with Crippen molar-refractivity contribution < 1.29 is 14.3 Å². The van der Waals surface area contributed by atoms with Gasteiger partial charge in [0.15, 0.2) is 16.4 Å². The van der Waals surface area contributed by atoms with Crippen molar-refractivity contribution in [1.82, 2.24) is 14.3 Å². The van der Waals surface area contributed by atoms with Crippen LogP contribution in [0.15, 0.2) is 30.2 Å². The molecule has 120 valence electrons. The highest BCUT2D eigenvalue weighted by Gasteiger charge is 2.45. The summed E-state index contributed by atoms with van der Waals surface area (Å²) in [6.45, 7) is 4.75. The first-order valence-corrected chi connectivity index (χ1v) is 8.61. The number of Topliss-reactive ketones (excluding diaryl/α,β-unsaturated/α-hetero) is 1. The number of thiophene rings is 1. The van der Waals surface area contributed by atoms with E-state index in [0.29, 0.717) is 24.3 Å². The predicted molar refractivity (Wildman–Crippen MR) is 87.8 cm³/mol. The van der Waals surface area contributed by atoms with Crippen molar-refractivity contribution in [1.29, 1.82) is 0 Å². The number of nitrogens with zero attached hydrogens (tertiary/aromatic N) is 3. The second kappa shape index (κ2) is 5.79. The van der Waals surface area contributed by atoms with Gasteiger partial charge in [-0.25, -0.2) is 4.68 Å². The van der Waals surface area contributed by atoms with Crippen LogP contribution < -0.4 is 0 Å². The van der Waals surface area contributed by atoms with Crippen LogP contribution in [0.2, 0.25) is 0 Å². The summed E-state index contributed by atoms with van der Waals surface area (Å²) in [5.74, 6) is 0.736. The number of carbonyl (C=O) groups excluding carboxylic acids is 1. The molecule has 0 spiro atoms. The summed E-state index contributed by atoms with van der Waals surface area (Å²) in [6.07, 6.45) is 1.22. The Labute approximate surface area is 141 Å². The molecule has 4 heterocycles. The van der Waals surface area contributed by atoms with Crippen molar-refractivity contribution in [2.45, 2.75) is 31.4 Å².